The van der Waals surface area contributed by atoms with E-state index < -0.39 is 24.0 Å². The maximum absolute atomic E-state index is 12.1. The molecule has 3 atom stereocenters. The monoisotopic (exact) mass is 299 g/mol. The number of piperidine rings is 1. The zero-order chi connectivity index (χ0) is 16.2. The summed E-state index contributed by atoms with van der Waals surface area (Å²) < 4.78 is 0. The van der Waals surface area contributed by atoms with Crippen LogP contribution in [0.4, 0.5) is 0 Å². The normalized spacial score (nSPS) is 23.8. The number of hydrogen-bond acceptors (Lipinski definition) is 4. The van der Waals surface area contributed by atoms with E-state index in [9.17, 15) is 19.5 Å². The van der Waals surface area contributed by atoms with Crippen molar-refractivity contribution in [1.29, 1.82) is 0 Å². The predicted molar refractivity (Wildman–Crippen MR) is 77.4 cm³/mol. The zero-order valence-corrected chi connectivity index (χ0v) is 12.8. The van der Waals surface area contributed by atoms with Gasteiger partial charge in [-0.3, -0.25) is 9.59 Å². The summed E-state index contributed by atoms with van der Waals surface area (Å²) in [5, 5.41) is 11.7. The molecule has 1 heterocycles. The predicted octanol–water partition coefficient (Wildman–Crippen LogP) is -0.202. The average Bonchev–Trinajstić information content (AvgIpc) is 2.43. The Hall–Kier alpha value is -1.63. The molecule has 0 spiro atoms. The molecule has 1 rings (SSSR count). The van der Waals surface area contributed by atoms with Gasteiger partial charge in [0.05, 0.1) is 12.6 Å². The van der Waals surface area contributed by atoms with Crippen molar-refractivity contribution in [2.45, 2.75) is 45.7 Å². The lowest BCUT2D eigenvalue weighted by molar-refractivity contribution is -0.152. The molecule has 1 aliphatic rings. The highest BCUT2D eigenvalue weighted by molar-refractivity contribution is 5.89. The van der Waals surface area contributed by atoms with E-state index >= 15 is 0 Å². The summed E-state index contributed by atoms with van der Waals surface area (Å²) in [6, 6.07) is -1.48. The highest BCUT2D eigenvalue weighted by Crippen LogP contribution is 2.22. The second kappa shape index (κ2) is 7.40. The smallest absolute Gasteiger partial charge is 0.326 e. The second-order valence-corrected chi connectivity index (χ2v) is 6.06. The average molecular weight is 299 g/mol. The SMILES string of the molecule is CC1CCN(C(=O)CNC(=O)[C@@H](N)C(C)C)C(C(=O)O)C1. The van der Waals surface area contributed by atoms with Crippen molar-refractivity contribution < 1.29 is 19.5 Å². The van der Waals surface area contributed by atoms with Crippen LogP contribution in [0.25, 0.3) is 0 Å². The Morgan fingerprint density at radius 1 is 1.38 bits per heavy atom. The van der Waals surface area contributed by atoms with E-state index in [0.29, 0.717) is 13.0 Å². The van der Waals surface area contributed by atoms with Gasteiger partial charge in [-0.15, -0.1) is 0 Å². The molecule has 4 N–H and O–H groups in total. The van der Waals surface area contributed by atoms with Gasteiger partial charge in [0.1, 0.15) is 6.04 Å². The van der Waals surface area contributed by atoms with Crippen LogP contribution in [0.15, 0.2) is 0 Å². The van der Waals surface area contributed by atoms with Crippen LogP contribution in [-0.2, 0) is 14.4 Å². The molecule has 0 aromatic carbocycles. The Balaban J connectivity index is 2.58. The van der Waals surface area contributed by atoms with E-state index in [4.69, 9.17) is 5.73 Å². The van der Waals surface area contributed by atoms with E-state index in [1.54, 1.807) is 0 Å². The number of carbonyl (C=O) groups excluding carboxylic acids is 2. The first kappa shape index (κ1) is 17.4. The molecule has 0 bridgehead atoms. The quantitative estimate of drug-likeness (QED) is 0.650. The van der Waals surface area contributed by atoms with Crippen molar-refractivity contribution in [2.75, 3.05) is 13.1 Å². The van der Waals surface area contributed by atoms with Crippen LogP contribution in [-0.4, -0.2) is 53.0 Å². The Morgan fingerprint density at radius 3 is 2.52 bits per heavy atom. The van der Waals surface area contributed by atoms with Gasteiger partial charge < -0.3 is 21.1 Å². The number of likely N-dealkylation sites (tertiary alicyclic amines) is 1. The first-order valence-electron chi connectivity index (χ1n) is 7.29. The molecule has 7 heteroatoms. The fourth-order valence-electron chi connectivity index (χ4n) is 2.36. The Morgan fingerprint density at radius 2 is 2.00 bits per heavy atom. The fourth-order valence-corrected chi connectivity index (χ4v) is 2.36. The molecule has 0 radical (unpaired) electrons. The largest absolute Gasteiger partial charge is 0.480 e. The number of nitrogens with one attached hydrogen (secondary N) is 1. The topological polar surface area (TPSA) is 113 Å². The van der Waals surface area contributed by atoms with Gasteiger partial charge in [0.15, 0.2) is 0 Å². The number of carboxylic acids is 1. The summed E-state index contributed by atoms with van der Waals surface area (Å²) in [5.41, 5.74) is 5.69. The lowest BCUT2D eigenvalue weighted by Crippen LogP contribution is -2.54. The Bertz CT molecular complexity index is 411. The number of carbonyl (C=O) groups is 3. The molecular formula is C14H25N3O4. The minimum atomic E-state index is -1.000. The Labute approximate surface area is 124 Å². The number of aliphatic carboxylic acids is 1. The molecule has 0 aliphatic carbocycles. The van der Waals surface area contributed by atoms with E-state index in [1.165, 1.54) is 4.90 Å². The molecule has 0 aromatic rings. The summed E-state index contributed by atoms with van der Waals surface area (Å²) in [6.45, 7) is 5.80. The maximum atomic E-state index is 12.1. The van der Waals surface area contributed by atoms with Crippen molar-refractivity contribution in [3.63, 3.8) is 0 Å². The molecule has 2 unspecified atom stereocenters. The summed E-state index contributed by atoms with van der Waals surface area (Å²) in [7, 11) is 0. The van der Waals surface area contributed by atoms with E-state index in [2.05, 4.69) is 5.32 Å². The van der Waals surface area contributed by atoms with Crippen molar-refractivity contribution in [3.05, 3.63) is 0 Å². The second-order valence-electron chi connectivity index (χ2n) is 6.06. The molecule has 1 aliphatic heterocycles. The van der Waals surface area contributed by atoms with E-state index in [1.807, 2.05) is 20.8 Å². The summed E-state index contributed by atoms with van der Waals surface area (Å²) in [4.78, 5) is 36.4. The molecule has 2 amide bonds. The minimum Gasteiger partial charge on any atom is -0.480 e. The van der Waals surface area contributed by atoms with Gasteiger partial charge in [-0.2, -0.15) is 0 Å². The molecule has 1 fully saturated rings. The van der Waals surface area contributed by atoms with Gasteiger partial charge in [-0.05, 0) is 24.7 Å². The van der Waals surface area contributed by atoms with Crippen LogP contribution in [0, 0.1) is 11.8 Å². The van der Waals surface area contributed by atoms with Gasteiger partial charge in [0.2, 0.25) is 11.8 Å². The molecule has 7 nitrogen and oxygen atoms in total. The standard InChI is InChI=1S/C14H25N3O4/c1-8(2)12(15)13(19)16-7-11(18)17-5-4-9(3)6-10(17)14(20)21/h8-10,12H,4-7,15H2,1-3H3,(H,16,19)(H,20,21)/t9?,10?,12-/m0/s1. The number of nitrogens with zero attached hydrogens (tertiary/aromatic N) is 1. The van der Waals surface area contributed by atoms with Crippen molar-refractivity contribution in [1.82, 2.24) is 10.2 Å². The molecule has 21 heavy (non-hydrogen) atoms. The number of rotatable bonds is 5. The lowest BCUT2D eigenvalue weighted by Gasteiger charge is -2.36. The third-order valence-corrected chi connectivity index (χ3v) is 3.90. The lowest BCUT2D eigenvalue weighted by atomic mass is 9.92. The van der Waals surface area contributed by atoms with Crippen LogP contribution in [0.1, 0.15) is 33.6 Å². The molecule has 1 saturated heterocycles. The molecule has 0 aromatic heterocycles. The van der Waals surface area contributed by atoms with Gasteiger partial charge >= 0.3 is 5.97 Å². The first-order valence-corrected chi connectivity index (χ1v) is 7.29. The van der Waals surface area contributed by atoms with Crippen LogP contribution in [0.2, 0.25) is 0 Å². The summed E-state index contributed by atoms with van der Waals surface area (Å²) >= 11 is 0. The number of nitrogens with two attached hydrogens (primary N) is 1. The maximum Gasteiger partial charge on any atom is 0.326 e. The molecule has 120 valence electrons. The highest BCUT2D eigenvalue weighted by Gasteiger charge is 2.34. The fraction of sp³-hybridized carbons (Fsp3) is 0.786. The summed E-state index contributed by atoms with van der Waals surface area (Å²) in [6.07, 6.45) is 1.22. The van der Waals surface area contributed by atoms with Crippen LogP contribution >= 0.6 is 0 Å². The highest BCUT2D eigenvalue weighted by atomic mass is 16.4. The summed E-state index contributed by atoms with van der Waals surface area (Å²) in [5.74, 6) is -1.52. The van der Waals surface area contributed by atoms with Crippen LogP contribution in [0.5, 0.6) is 0 Å². The third-order valence-electron chi connectivity index (χ3n) is 3.90. The molecule has 0 saturated carbocycles. The van der Waals surface area contributed by atoms with Crippen LogP contribution in [0.3, 0.4) is 0 Å². The third kappa shape index (κ3) is 4.70. The van der Waals surface area contributed by atoms with Gasteiger partial charge in [-0.1, -0.05) is 20.8 Å². The number of amides is 2. The number of carboxylic acid groups (broad SMARTS) is 1. The van der Waals surface area contributed by atoms with Gasteiger partial charge in [-0.25, -0.2) is 4.79 Å². The van der Waals surface area contributed by atoms with Gasteiger partial charge in [0, 0.05) is 6.54 Å². The van der Waals surface area contributed by atoms with Crippen molar-refractivity contribution in [3.8, 4) is 0 Å². The van der Waals surface area contributed by atoms with E-state index in [0.717, 1.165) is 6.42 Å². The Kier molecular flexibility index (Phi) is 6.14. The minimum absolute atomic E-state index is 0.0253. The van der Waals surface area contributed by atoms with Crippen molar-refractivity contribution >= 4 is 17.8 Å². The zero-order valence-electron chi connectivity index (χ0n) is 12.8. The van der Waals surface area contributed by atoms with E-state index in [-0.39, 0.29) is 24.3 Å². The first-order chi connectivity index (χ1) is 9.73. The number of hydrogen-bond donors (Lipinski definition) is 3. The van der Waals surface area contributed by atoms with Gasteiger partial charge in [0.25, 0.3) is 0 Å². The molecular weight excluding hydrogens is 274 g/mol. The van der Waals surface area contributed by atoms with Crippen LogP contribution < -0.4 is 11.1 Å². The van der Waals surface area contributed by atoms with Crippen molar-refractivity contribution in [2.24, 2.45) is 17.6 Å².